The molecule has 1 aliphatic heterocycles. The molecular weight excluding hydrogens is 350 g/mol. The minimum Gasteiger partial charge on any atom is -0.338 e. The zero-order chi connectivity index (χ0) is 19.3. The minimum atomic E-state index is 0.225. The fourth-order valence-corrected chi connectivity index (χ4v) is 3.67. The predicted octanol–water partition coefficient (Wildman–Crippen LogP) is 2.97. The quantitative estimate of drug-likeness (QED) is 0.690. The molecule has 144 valence electrons. The van der Waals surface area contributed by atoms with Crippen molar-refractivity contribution in [1.29, 1.82) is 0 Å². The van der Waals surface area contributed by atoms with E-state index in [1.54, 1.807) is 11.0 Å². The number of aromatic nitrogens is 3. The molecule has 3 aromatic rings. The van der Waals surface area contributed by atoms with Crippen LogP contribution in [0.4, 0.5) is 0 Å². The summed E-state index contributed by atoms with van der Waals surface area (Å²) >= 11 is 0. The number of rotatable bonds is 7. The van der Waals surface area contributed by atoms with Crippen molar-refractivity contribution < 1.29 is 4.79 Å². The molecule has 0 radical (unpaired) electrons. The third-order valence-corrected chi connectivity index (χ3v) is 5.30. The molecule has 2 heterocycles. The van der Waals surface area contributed by atoms with Crippen LogP contribution in [-0.2, 0) is 11.3 Å². The maximum atomic E-state index is 12.3. The Hall–Kier alpha value is -2.99. The maximum Gasteiger partial charge on any atom is 0.223 e. The van der Waals surface area contributed by atoms with E-state index < -0.39 is 0 Å². The van der Waals surface area contributed by atoms with E-state index in [2.05, 4.69) is 46.6 Å². The second-order valence-electron chi connectivity index (χ2n) is 7.39. The van der Waals surface area contributed by atoms with Crippen molar-refractivity contribution in [3.05, 3.63) is 78.4 Å². The molecular formula is C22H25N5O. The van der Waals surface area contributed by atoms with Gasteiger partial charge in [0.15, 0.2) is 0 Å². The lowest BCUT2D eigenvalue weighted by atomic mass is 10.1. The average molecular weight is 375 g/mol. The molecule has 1 amide bonds. The van der Waals surface area contributed by atoms with E-state index in [4.69, 9.17) is 0 Å². The zero-order valence-corrected chi connectivity index (χ0v) is 16.0. The summed E-state index contributed by atoms with van der Waals surface area (Å²) in [6.45, 7) is 4.51. The number of carbonyl (C=O) groups excluding carboxylic acids is 1. The standard InChI is InChI=1S/C22H25N5O/c1-17(20-7-9-21(10-8-20)27-16-23-15-25-27)24-12-19-11-22(28)26(14-19)13-18-5-3-2-4-6-18/h2-10,15-17,19,24H,11-14H2,1H3. The second-order valence-corrected chi connectivity index (χ2v) is 7.39. The summed E-state index contributed by atoms with van der Waals surface area (Å²) in [7, 11) is 0. The molecule has 6 heteroatoms. The Labute approximate surface area is 165 Å². The average Bonchev–Trinajstić information content (AvgIpc) is 3.38. The number of nitrogens with zero attached hydrogens (tertiary/aromatic N) is 4. The molecule has 4 rings (SSSR count). The molecule has 2 aromatic carbocycles. The minimum absolute atomic E-state index is 0.225. The van der Waals surface area contributed by atoms with Crippen LogP contribution in [0.2, 0.25) is 0 Å². The van der Waals surface area contributed by atoms with E-state index in [9.17, 15) is 4.79 Å². The number of likely N-dealkylation sites (tertiary alicyclic amines) is 1. The summed E-state index contributed by atoms with van der Waals surface area (Å²) in [4.78, 5) is 18.3. The lowest BCUT2D eigenvalue weighted by Crippen LogP contribution is -2.28. The Morgan fingerprint density at radius 1 is 1.14 bits per heavy atom. The molecule has 28 heavy (non-hydrogen) atoms. The largest absolute Gasteiger partial charge is 0.338 e. The topological polar surface area (TPSA) is 63.1 Å². The lowest BCUT2D eigenvalue weighted by Gasteiger charge is -2.19. The van der Waals surface area contributed by atoms with Gasteiger partial charge >= 0.3 is 0 Å². The van der Waals surface area contributed by atoms with Gasteiger partial charge in [0, 0.05) is 32.1 Å². The monoisotopic (exact) mass is 375 g/mol. The van der Waals surface area contributed by atoms with Crippen LogP contribution in [0.15, 0.2) is 67.3 Å². The van der Waals surface area contributed by atoms with E-state index in [0.29, 0.717) is 18.9 Å². The molecule has 6 nitrogen and oxygen atoms in total. The van der Waals surface area contributed by atoms with Crippen LogP contribution in [0.25, 0.3) is 5.69 Å². The van der Waals surface area contributed by atoms with E-state index in [0.717, 1.165) is 18.8 Å². The van der Waals surface area contributed by atoms with Crippen molar-refractivity contribution in [1.82, 2.24) is 25.0 Å². The third-order valence-electron chi connectivity index (χ3n) is 5.30. The van der Waals surface area contributed by atoms with Gasteiger partial charge in [-0.2, -0.15) is 5.10 Å². The van der Waals surface area contributed by atoms with Gasteiger partial charge in [0.05, 0.1) is 5.69 Å². The molecule has 0 bridgehead atoms. The Morgan fingerprint density at radius 2 is 1.93 bits per heavy atom. The number of carbonyl (C=O) groups is 1. The van der Waals surface area contributed by atoms with Crippen LogP contribution >= 0.6 is 0 Å². The summed E-state index contributed by atoms with van der Waals surface area (Å²) in [6, 6.07) is 18.7. The van der Waals surface area contributed by atoms with Crippen LogP contribution in [-0.4, -0.2) is 38.7 Å². The Balaban J connectivity index is 1.29. The van der Waals surface area contributed by atoms with Crippen molar-refractivity contribution in [3.63, 3.8) is 0 Å². The van der Waals surface area contributed by atoms with Crippen molar-refractivity contribution >= 4 is 5.91 Å². The van der Waals surface area contributed by atoms with Gasteiger partial charge in [-0.1, -0.05) is 42.5 Å². The van der Waals surface area contributed by atoms with Crippen molar-refractivity contribution in [3.8, 4) is 5.69 Å². The van der Waals surface area contributed by atoms with Gasteiger partial charge in [-0.05, 0) is 36.1 Å². The van der Waals surface area contributed by atoms with E-state index in [1.165, 1.54) is 17.5 Å². The summed E-state index contributed by atoms with van der Waals surface area (Å²) in [6.07, 6.45) is 3.84. The summed E-state index contributed by atoms with van der Waals surface area (Å²) in [5, 5.41) is 7.73. The van der Waals surface area contributed by atoms with Gasteiger partial charge in [0.1, 0.15) is 12.7 Å². The van der Waals surface area contributed by atoms with Gasteiger partial charge in [-0.15, -0.1) is 0 Å². The maximum absolute atomic E-state index is 12.3. The van der Waals surface area contributed by atoms with Crippen molar-refractivity contribution in [2.24, 2.45) is 5.92 Å². The highest BCUT2D eigenvalue weighted by Gasteiger charge is 2.29. The number of hydrogen-bond acceptors (Lipinski definition) is 4. The highest BCUT2D eigenvalue weighted by molar-refractivity contribution is 5.78. The lowest BCUT2D eigenvalue weighted by molar-refractivity contribution is -0.128. The van der Waals surface area contributed by atoms with Gasteiger partial charge in [-0.25, -0.2) is 9.67 Å². The number of hydrogen-bond donors (Lipinski definition) is 1. The number of benzene rings is 2. The van der Waals surface area contributed by atoms with Gasteiger partial charge in [-0.3, -0.25) is 4.79 Å². The first-order chi connectivity index (χ1) is 13.7. The normalized spacial score (nSPS) is 17.8. The van der Waals surface area contributed by atoms with Gasteiger partial charge in [0.25, 0.3) is 0 Å². The summed E-state index contributed by atoms with van der Waals surface area (Å²) in [5.41, 5.74) is 3.39. The van der Waals surface area contributed by atoms with Crippen molar-refractivity contribution in [2.45, 2.75) is 25.9 Å². The van der Waals surface area contributed by atoms with Crippen LogP contribution < -0.4 is 5.32 Å². The van der Waals surface area contributed by atoms with E-state index in [-0.39, 0.29) is 11.9 Å². The number of nitrogens with one attached hydrogen (secondary N) is 1. The Kier molecular flexibility index (Phi) is 5.48. The first kappa shape index (κ1) is 18.4. The van der Waals surface area contributed by atoms with Gasteiger partial charge in [0.2, 0.25) is 5.91 Å². The molecule has 2 atom stereocenters. The molecule has 1 N–H and O–H groups in total. The molecule has 0 aliphatic carbocycles. The fraction of sp³-hybridized carbons (Fsp3) is 0.318. The zero-order valence-electron chi connectivity index (χ0n) is 16.0. The summed E-state index contributed by atoms with van der Waals surface area (Å²) in [5.74, 6) is 0.605. The first-order valence-corrected chi connectivity index (χ1v) is 9.69. The molecule has 1 aromatic heterocycles. The SMILES string of the molecule is CC(NCC1CC(=O)N(Cc2ccccc2)C1)c1ccc(-n2cncn2)cc1. The molecule has 1 fully saturated rings. The Bertz CT molecular complexity index is 892. The van der Waals surface area contributed by atoms with Crippen molar-refractivity contribution in [2.75, 3.05) is 13.1 Å². The highest BCUT2D eigenvalue weighted by atomic mass is 16.2. The highest BCUT2D eigenvalue weighted by Crippen LogP contribution is 2.21. The first-order valence-electron chi connectivity index (χ1n) is 9.69. The van der Waals surface area contributed by atoms with E-state index >= 15 is 0 Å². The fourth-order valence-electron chi connectivity index (χ4n) is 3.67. The summed E-state index contributed by atoms with van der Waals surface area (Å²) < 4.78 is 1.74. The predicted molar refractivity (Wildman–Crippen MR) is 108 cm³/mol. The Morgan fingerprint density at radius 3 is 2.64 bits per heavy atom. The third kappa shape index (κ3) is 4.28. The van der Waals surface area contributed by atoms with E-state index in [1.807, 2.05) is 35.2 Å². The van der Waals surface area contributed by atoms with Crippen LogP contribution in [0, 0.1) is 5.92 Å². The van der Waals surface area contributed by atoms with Gasteiger partial charge < -0.3 is 10.2 Å². The van der Waals surface area contributed by atoms with Crippen LogP contribution in [0.3, 0.4) is 0 Å². The molecule has 1 saturated heterocycles. The smallest absolute Gasteiger partial charge is 0.223 e. The number of amides is 1. The van der Waals surface area contributed by atoms with Crippen LogP contribution in [0.5, 0.6) is 0 Å². The second kappa shape index (κ2) is 8.35. The molecule has 2 unspecified atom stereocenters. The molecule has 0 saturated carbocycles. The van der Waals surface area contributed by atoms with Crippen LogP contribution in [0.1, 0.15) is 30.5 Å². The molecule has 0 spiro atoms. The molecule has 1 aliphatic rings.